The van der Waals surface area contributed by atoms with E-state index in [9.17, 15) is 4.79 Å². The molecule has 0 bridgehead atoms. The van der Waals surface area contributed by atoms with Gasteiger partial charge in [-0.3, -0.25) is 0 Å². The zero-order valence-corrected chi connectivity index (χ0v) is 14.6. The normalized spacial score (nSPS) is 20.4. The molecule has 1 aliphatic heterocycles. The molecule has 0 saturated carbocycles. The van der Waals surface area contributed by atoms with Crippen molar-refractivity contribution in [2.45, 2.75) is 78.4 Å². The van der Waals surface area contributed by atoms with E-state index in [-0.39, 0.29) is 12.1 Å². The third-order valence-electron chi connectivity index (χ3n) is 4.17. The van der Waals surface area contributed by atoms with Crippen molar-refractivity contribution >= 4 is 6.09 Å². The summed E-state index contributed by atoms with van der Waals surface area (Å²) in [5.41, 5.74) is -0.434. The van der Waals surface area contributed by atoms with Crippen molar-refractivity contribution in [2.24, 2.45) is 5.92 Å². The minimum absolute atomic E-state index is 0.146. The molecule has 1 heterocycles. The maximum Gasteiger partial charge on any atom is 0.407 e. The fourth-order valence-corrected chi connectivity index (χ4v) is 2.90. The van der Waals surface area contributed by atoms with E-state index < -0.39 is 5.60 Å². The monoisotopic (exact) mass is 298 g/mol. The van der Waals surface area contributed by atoms with Gasteiger partial charge in [0.05, 0.1) is 0 Å². The van der Waals surface area contributed by atoms with Gasteiger partial charge in [-0.25, -0.2) is 4.79 Å². The lowest BCUT2D eigenvalue weighted by Crippen LogP contribution is -2.45. The SMILES string of the molecule is CC[C@@H](CN1CCCCCC1)[C@@H](C)NC(=O)OC(C)(C)C. The molecular weight excluding hydrogens is 264 g/mol. The maximum absolute atomic E-state index is 11.9. The Balaban J connectivity index is 2.44. The highest BCUT2D eigenvalue weighted by molar-refractivity contribution is 5.68. The molecule has 1 amide bonds. The van der Waals surface area contributed by atoms with Crippen LogP contribution in [0.2, 0.25) is 0 Å². The molecule has 0 aromatic carbocycles. The smallest absolute Gasteiger partial charge is 0.407 e. The highest BCUT2D eigenvalue weighted by Crippen LogP contribution is 2.16. The second-order valence-corrected chi connectivity index (χ2v) is 7.32. The highest BCUT2D eigenvalue weighted by Gasteiger charge is 2.23. The molecule has 1 fully saturated rings. The van der Waals surface area contributed by atoms with Gasteiger partial charge < -0.3 is 15.0 Å². The van der Waals surface area contributed by atoms with Gasteiger partial charge in [0.25, 0.3) is 0 Å². The van der Waals surface area contributed by atoms with Crippen molar-refractivity contribution in [1.82, 2.24) is 10.2 Å². The van der Waals surface area contributed by atoms with E-state index in [1.165, 1.54) is 38.8 Å². The summed E-state index contributed by atoms with van der Waals surface area (Å²) in [4.78, 5) is 14.5. The Morgan fingerprint density at radius 2 is 1.76 bits per heavy atom. The summed E-state index contributed by atoms with van der Waals surface area (Å²) >= 11 is 0. The van der Waals surface area contributed by atoms with E-state index in [2.05, 4.69) is 24.1 Å². The predicted molar refractivity (Wildman–Crippen MR) is 87.5 cm³/mol. The van der Waals surface area contributed by atoms with Gasteiger partial charge >= 0.3 is 6.09 Å². The van der Waals surface area contributed by atoms with Crippen LogP contribution in [0.1, 0.15) is 66.7 Å². The summed E-state index contributed by atoms with van der Waals surface area (Å²) < 4.78 is 5.35. The van der Waals surface area contributed by atoms with Crippen molar-refractivity contribution in [3.63, 3.8) is 0 Å². The van der Waals surface area contributed by atoms with Crippen LogP contribution in [0.3, 0.4) is 0 Å². The van der Waals surface area contributed by atoms with Gasteiger partial charge in [0.2, 0.25) is 0 Å². The first-order valence-electron chi connectivity index (χ1n) is 8.53. The van der Waals surface area contributed by atoms with Crippen LogP contribution in [-0.2, 0) is 4.74 Å². The van der Waals surface area contributed by atoms with Crippen LogP contribution in [0.25, 0.3) is 0 Å². The van der Waals surface area contributed by atoms with Gasteiger partial charge in [-0.15, -0.1) is 0 Å². The standard InChI is InChI=1S/C17H34N2O2/c1-6-15(13-19-11-9-7-8-10-12-19)14(2)18-16(20)21-17(3,4)5/h14-15H,6-13H2,1-5H3,(H,18,20)/t14-,15+/m1/s1. The highest BCUT2D eigenvalue weighted by atomic mass is 16.6. The van der Waals surface area contributed by atoms with Gasteiger partial charge in [0.15, 0.2) is 0 Å². The molecule has 1 rings (SSSR count). The van der Waals surface area contributed by atoms with Crippen LogP contribution in [0.5, 0.6) is 0 Å². The molecule has 1 saturated heterocycles. The van der Waals surface area contributed by atoms with Crippen molar-refractivity contribution in [3.8, 4) is 0 Å². The number of likely N-dealkylation sites (tertiary alicyclic amines) is 1. The lowest BCUT2D eigenvalue weighted by Gasteiger charge is -2.30. The minimum Gasteiger partial charge on any atom is -0.444 e. The zero-order valence-electron chi connectivity index (χ0n) is 14.6. The Labute approximate surface area is 130 Å². The Bertz CT molecular complexity index is 304. The van der Waals surface area contributed by atoms with E-state index in [4.69, 9.17) is 4.74 Å². The van der Waals surface area contributed by atoms with Crippen molar-refractivity contribution in [2.75, 3.05) is 19.6 Å². The number of carbonyl (C=O) groups excluding carboxylic acids is 1. The number of rotatable bonds is 5. The number of hydrogen-bond acceptors (Lipinski definition) is 3. The van der Waals surface area contributed by atoms with Gasteiger partial charge in [-0.2, -0.15) is 0 Å². The summed E-state index contributed by atoms with van der Waals surface area (Å²) in [5.74, 6) is 0.482. The Morgan fingerprint density at radius 3 is 2.24 bits per heavy atom. The third-order valence-corrected chi connectivity index (χ3v) is 4.17. The lowest BCUT2D eigenvalue weighted by atomic mass is 9.97. The molecule has 0 aromatic heterocycles. The number of ether oxygens (including phenoxy) is 1. The quantitative estimate of drug-likeness (QED) is 0.839. The summed E-state index contributed by atoms with van der Waals surface area (Å²) in [5, 5.41) is 3.00. The molecule has 124 valence electrons. The van der Waals surface area contributed by atoms with E-state index in [1.807, 2.05) is 20.8 Å². The van der Waals surface area contributed by atoms with Gasteiger partial charge in [-0.05, 0) is 59.5 Å². The number of nitrogens with one attached hydrogen (secondary N) is 1. The van der Waals surface area contributed by atoms with Crippen LogP contribution in [-0.4, -0.2) is 42.3 Å². The van der Waals surface area contributed by atoms with E-state index in [1.54, 1.807) is 0 Å². The molecule has 21 heavy (non-hydrogen) atoms. The molecule has 1 N–H and O–H groups in total. The molecule has 0 aromatic rings. The van der Waals surface area contributed by atoms with Crippen LogP contribution in [0, 0.1) is 5.92 Å². The zero-order chi connectivity index (χ0) is 15.9. The maximum atomic E-state index is 11.9. The molecular formula is C17H34N2O2. The van der Waals surface area contributed by atoms with E-state index in [0.29, 0.717) is 5.92 Å². The first kappa shape index (κ1) is 18.3. The van der Waals surface area contributed by atoms with Gasteiger partial charge in [0.1, 0.15) is 5.60 Å². The average Bonchev–Trinajstić information content (AvgIpc) is 2.61. The lowest BCUT2D eigenvalue weighted by molar-refractivity contribution is 0.0482. The molecule has 0 unspecified atom stereocenters. The molecule has 4 nitrogen and oxygen atoms in total. The molecule has 0 spiro atoms. The molecule has 0 aliphatic carbocycles. The number of carbonyl (C=O) groups is 1. The van der Waals surface area contributed by atoms with Crippen molar-refractivity contribution in [1.29, 1.82) is 0 Å². The van der Waals surface area contributed by atoms with E-state index in [0.717, 1.165) is 13.0 Å². The van der Waals surface area contributed by atoms with Crippen LogP contribution in [0.4, 0.5) is 4.79 Å². The fraction of sp³-hybridized carbons (Fsp3) is 0.941. The van der Waals surface area contributed by atoms with Gasteiger partial charge in [-0.1, -0.05) is 26.2 Å². The van der Waals surface area contributed by atoms with Crippen LogP contribution in [0.15, 0.2) is 0 Å². The van der Waals surface area contributed by atoms with Crippen molar-refractivity contribution < 1.29 is 9.53 Å². The number of amides is 1. The second kappa shape index (κ2) is 8.62. The number of nitrogens with zero attached hydrogens (tertiary/aromatic N) is 1. The Kier molecular flexibility index (Phi) is 7.50. The third kappa shape index (κ3) is 7.70. The number of hydrogen-bond donors (Lipinski definition) is 1. The first-order chi connectivity index (χ1) is 9.81. The molecule has 1 aliphatic rings. The first-order valence-corrected chi connectivity index (χ1v) is 8.53. The average molecular weight is 298 g/mol. The largest absolute Gasteiger partial charge is 0.444 e. The summed E-state index contributed by atoms with van der Waals surface area (Å²) in [6.45, 7) is 13.5. The van der Waals surface area contributed by atoms with Crippen LogP contribution >= 0.6 is 0 Å². The molecule has 0 radical (unpaired) electrons. The molecule has 2 atom stereocenters. The Hall–Kier alpha value is -0.770. The van der Waals surface area contributed by atoms with Crippen molar-refractivity contribution in [3.05, 3.63) is 0 Å². The Morgan fingerprint density at radius 1 is 1.19 bits per heavy atom. The van der Waals surface area contributed by atoms with E-state index >= 15 is 0 Å². The predicted octanol–water partition coefficient (Wildman–Crippen LogP) is 3.80. The number of alkyl carbamates (subject to hydrolysis) is 1. The minimum atomic E-state index is -0.434. The topological polar surface area (TPSA) is 41.6 Å². The van der Waals surface area contributed by atoms with Gasteiger partial charge in [0, 0.05) is 12.6 Å². The molecule has 4 heteroatoms. The van der Waals surface area contributed by atoms with Crippen LogP contribution < -0.4 is 5.32 Å². The summed E-state index contributed by atoms with van der Waals surface area (Å²) in [6, 6.07) is 0.146. The summed E-state index contributed by atoms with van der Waals surface area (Å²) in [6.07, 6.45) is 6.12. The fourth-order valence-electron chi connectivity index (χ4n) is 2.90. The summed E-state index contributed by atoms with van der Waals surface area (Å²) in [7, 11) is 0. The second-order valence-electron chi connectivity index (χ2n) is 7.32.